The Morgan fingerprint density at radius 2 is 1.58 bits per heavy atom. The third kappa shape index (κ3) is 3.19. The number of benzene rings is 2. The summed E-state index contributed by atoms with van der Waals surface area (Å²) in [6.07, 6.45) is 1.59. The zero-order valence-electron chi connectivity index (χ0n) is 13.3. The van der Waals surface area contributed by atoms with E-state index in [0.29, 0.717) is 5.82 Å². The highest BCUT2D eigenvalue weighted by molar-refractivity contribution is 5.79. The van der Waals surface area contributed by atoms with Gasteiger partial charge in [0.2, 0.25) is 0 Å². The summed E-state index contributed by atoms with van der Waals surface area (Å²) in [7, 11) is 3.20. The fourth-order valence-electron chi connectivity index (χ4n) is 2.14. The van der Waals surface area contributed by atoms with Crippen LogP contribution in [0.1, 0.15) is 5.56 Å². The number of aromatic nitrogens is 3. The second kappa shape index (κ2) is 6.82. The third-order valence-corrected chi connectivity index (χ3v) is 3.44. The molecule has 1 N–H and O–H groups in total. The molecule has 2 aromatic carbocycles. The first-order valence-electron chi connectivity index (χ1n) is 7.21. The van der Waals surface area contributed by atoms with Gasteiger partial charge in [0.05, 0.1) is 20.4 Å². The number of aromatic amines is 1. The third-order valence-electron chi connectivity index (χ3n) is 3.44. The molecule has 3 aromatic rings. The van der Waals surface area contributed by atoms with Gasteiger partial charge in [0, 0.05) is 5.56 Å². The molecule has 0 aliphatic heterocycles. The van der Waals surface area contributed by atoms with Crippen molar-refractivity contribution >= 4 is 6.21 Å². The summed E-state index contributed by atoms with van der Waals surface area (Å²) < 4.78 is 11.5. The van der Waals surface area contributed by atoms with Crippen molar-refractivity contribution in [1.82, 2.24) is 14.9 Å². The van der Waals surface area contributed by atoms with Crippen LogP contribution >= 0.6 is 0 Å². The van der Waals surface area contributed by atoms with Gasteiger partial charge in [-0.1, -0.05) is 0 Å². The van der Waals surface area contributed by atoms with Crippen molar-refractivity contribution in [1.29, 1.82) is 0 Å². The van der Waals surface area contributed by atoms with Crippen LogP contribution in [0.15, 0.2) is 58.4 Å². The Morgan fingerprint density at radius 3 is 2.17 bits per heavy atom. The largest absolute Gasteiger partial charge is 0.497 e. The summed E-state index contributed by atoms with van der Waals surface area (Å²) in [4.78, 5) is 11.9. The van der Waals surface area contributed by atoms with E-state index in [9.17, 15) is 4.79 Å². The first-order chi connectivity index (χ1) is 11.7. The molecule has 0 bridgehead atoms. The molecule has 1 aromatic heterocycles. The van der Waals surface area contributed by atoms with E-state index < -0.39 is 5.69 Å². The number of methoxy groups -OCH3 is 2. The molecule has 0 saturated carbocycles. The lowest BCUT2D eigenvalue weighted by Gasteiger charge is -2.02. The number of rotatable bonds is 5. The molecule has 0 unspecified atom stereocenters. The molecule has 0 amide bonds. The van der Waals surface area contributed by atoms with E-state index in [1.54, 1.807) is 32.6 Å². The second-order valence-electron chi connectivity index (χ2n) is 4.91. The average Bonchev–Trinajstić information content (AvgIpc) is 3.01. The van der Waals surface area contributed by atoms with Crippen LogP contribution in [0.25, 0.3) is 11.4 Å². The van der Waals surface area contributed by atoms with Gasteiger partial charge in [-0.25, -0.2) is 9.89 Å². The Morgan fingerprint density at radius 1 is 1.00 bits per heavy atom. The number of H-pyrrole nitrogens is 1. The summed E-state index contributed by atoms with van der Waals surface area (Å²) in [6, 6.07) is 14.6. The van der Waals surface area contributed by atoms with Gasteiger partial charge in [0.15, 0.2) is 5.82 Å². The molecule has 24 heavy (non-hydrogen) atoms. The molecule has 0 spiro atoms. The van der Waals surface area contributed by atoms with E-state index in [-0.39, 0.29) is 0 Å². The van der Waals surface area contributed by atoms with E-state index in [4.69, 9.17) is 9.47 Å². The molecule has 0 aliphatic carbocycles. The van der Waals surface area contributed by atoms with Gasteiger partial charge >= 0.3 is 5.69 Å². The zero-order chi connectivity index (χ0) is 16.9. The van der Waals surface area contributed by atoms with Crippen molar-refractivity contribution in [2.75, 3.05) is 14.2 Å². The molecular weight excluding hydrogens is 308 g/mol. The molecule has 0 saturated heterocycles. The van der Waals surface area contributed by atoms with E-state index in [1.165, 1.54) is 4.68 Å². The SMILES string of the molecule is COc1ccc(/C=N/n2c(-c3ccc(OC)cc3)n[nH]c2=O)cc1. The standard InChI is InChI=1S/C17H16N4O3/c1-23-14-7-3-12(4-8-14)11-18-21-16(19-20-17(21)22)13-5-9-15(24-2)10-6-13/h3-11H,1-2H3,(H,20,22)/b18-11+. The maximum absolute atomic E-state index is 11.9. The first-order valence-corrected chi connectivity index (χ1v) is 7.21. The highest BCUT2D eigenvalue weighted by Crippen LogP contribution is 2.19. The molecular formula is C17H16N4O3. The van der Waals surface area contributed by atoms with Crippen molar-refractivity contribution in [3.63, 3.8) is 0 Å². The fourth-order valence-corrected chi connectivity index (χ4v) is 2.14. The van der Waals surface area contributed by atoms with Crippen LogP contribution in [-0.2, 0) is 0 Å². The molecule has 1 heterocycles. The van der Waals surface area contributed by atoms with Crippen molar-refractivity contribution in [2.45, 2.75) is 0 Å². The molecule has 0 aliphatic rings. The van der Waals surface area contributed by atoms with Crippen LogP contribution in [0.2, 0.25) is 0 Å². The normalized spacial score (nSPS) is 10.9. The van der Waals surface area contributed by atoms with Crippen LogP contribution in [0.5, 0.6) is 11.5 Å². The van der Waals surface area contributed by atoms with E-state index in [2.05, 4.69) is 15.3 Å². The number of hydrogen-bond donors (Lipinski definition) is 1. The minimum absolute atomic E-state index is 0.412. The molecule has 0 fully saturated rings. The Bertz CT molecular complexity index is 893. The van der Waals surface area contributed by atoms with Gasteiger partial charge in [-0.3, -0.25) is 0 Å². The average molecular weight is 324 g/mol. The van der Waals surface area contributed by atoms with E-state index in [0.717, 1.165) is 22.6 Å². The summed E-state index contributed by atoms with van der Waals surface area (Å²) >= 11 is 0. The minimum Gasteiger partial charge on any atom is -0.497 e. The molecule has 122 valence electrons. The number of ether oxygens (including phenoxy) is 2. The molecule has 0 radical (unpaired) electrons. The van der Waals surface area contributed by atoms with Crippen LogP contribution in [-0.4, -0.2) is 35.3 Å². The maximum atomic E-state index is 11.9. The van der Waals surface area contributed by atoms with Crippen LogP contribution < -0.4 is 15.2 Å². The molecule has 7 heteroatoms. The van der Waals surface area contributed by atoms with Crippen LogP contribution in [0, 0.1) is 0 Å². The molecule has 7 nitrogen and oxygen atoms in total. The first kappa shape index (κ1) is 15.5. The predicted molar refractivity (Wildman–Crippen MR) is 90.8 cm³/mol. The maximum Gasteiger partial charge on any atom is 0.364 e. The zero-order valence-corrected chi connectivity index (χ0v) is 13.3. The Balaban J connectivity index is 1.91. The highest BCUT2D eigenvalue weighted by atomic mass is 16.5. The number of hydrogen-bond acceptors (Lipinski definition) is 5. The van der Waals surface area contributed by atoms with Gasteiger partial charge in [-0.05, 0) is 54.1 Å². The number of nitrogens with one attached hydrogen (secondary N) is 1. The van der Waals surface area contributed by atoms with Gasteiger partial charge in [0.25, 0.3) is 0 Å². The Hall–Kier alpha value is -3.35. The number of nitrogens with zero attached hydrogens (tertiary/aromatic N) is 3. The highest BCUT2D eigenvalue weighted by Gasteiger charge is 2.09. The second-order valence-corrected chi connectivity index (χ2v) is 4.91. The summed E-state index contributed by atoms with van der Waals surface area (Å²) in [5.74, 6) is 1.91. The fraction of sp³-hybridized carbons (Fsp3) is 0.118. The van der Waals surface area contributed by atoms with Gasteiger partial charge < -0.3 is 9.47 Å². The van der Waals surface area contributed by atoms with Crippen molar-refractivity contribution in [3.8, 4) is 22.9 Å². The van der Waals surface area contributed by atoms with Crippen molar-refractivity contribution < 1.29 is 9.47 Å². The summed E-state index contributed by atoms with van der Waals surface area (Å²) in [5.41, 5.74) is 1.18. The van der Waals surface area contributed by atoms with Crippen LogP contribution in [0.4, 0.5) is 0 Å². The lowest BCUT2D eigenvalue weighted by Crippen LogP contribution is -2.13. The lowest BCUT2D eigenvalue weighted by molar-refractivity contribution is 0.414. The van der Waals surface area contributed by atoms with Crippen molar-refractivity contribution in [2.24, 2.45) is 5.10 Å². The topological polar surface area (TPSA) is 81.5 Å². The van der Waals surface area contributed by atoms with Crippen LogP contribution in [0.3, 0.4) is 0 Å². The minimum atomic E-state index is -0.412. The summed E-state index contributed by atoms with van der Waals surface area (Å²) in [5, 5.41) is 10.7. The Labute approximate surface area is 138 Å². The quantitative estimate of drug-likeness (QED) is 0.729. The smallest absolute Gasteiger partial charge is 0.364 e. The monoisotopic (exact) mass is 324 g/mol. The van der Waals surface area contributed by atoms with Gasteiger partial charge in [-0.15, -0.1) is 0 Å². The Kier molecular flexibility index (Phi) is 4.42. The van der Waals surface area contributed by atoms with Crippen molar-refractivity contribution in [3.05, 3.63) is 64.6 Å². The van der Waals surface area contributed by atoms with Gasteiger partial charge in [0.1, 0.15) is 11.5 Å². The molecule has 0 atom stereocenters. The molecule has 3 rings (SSSR count). The lowest BCUT2D eigenvalue weighted by atomic mass is 10.2. The summed E-state index contributed by atoms with van der Waals surface area (Å²) in [6.45, 7) is 0. The van der Waals surface area contributed by atoms with Gasteiger partial charge in [-0.2, -0.15) is 14.9 Å². The predicted octanol–water partition coefficient (Wildman–Crippen LogP) is 2.14. The van der Waals surface area contributed by atoms with E-state index >= 15 is 0 Å². The van der Waals surface area contributed by atoms with E-state index in [1.807, 2.05) is 36.4 Å².